The summed E-state index contributed by atoms with van der Waals surface area (Å²) in [7, 11) is 1.61. The van der Waals surface area contributed by atoms with Crippen LogP contribution in [-0.4, -0.2) is 18.8 Å². The molecule has 1 atom stereocenters. The zero-order valence-corrected chi connectivity index (χ0v) is 11.0. The van der Waals surface area contributed by atoms with Crippen molar-refractivity contribution >= 4 is 0 Å². The highest BCUT2D eigenvalue weighted by atomic mass is 16.5. The lowest BCUT2D eigenvalue weighted by molar-refractivity contribution is 0.0735. The third-order valence-electron chi connectivity index (χ3n) is 3.30. The van der Waals surface area contributed by atoms with E-state index in [1.54, 1.807) is 7.11 Å². The Balaban J connectivity index is 2.49. The van der Waals surface area contributed by atoms with E-state index in [0.717, 1.165) is 16.9 Å². The second-order valence-corrected chi connectivity index (χ2v) is 4.50. The number of methoxy groups -OCH3 is 1. The van der Waals surface area contributed by atoms with Gasteiger partial charge in [0.05, 0.1) is 7.11 Å². The van der Waals surface area contributed by atoms with E-state index in [-0.39, 0.29) is 0 Å². The van der Waals surface area contributed by atoms with Gasteiger partial charge in [0.15, 0.2) is 0 Å². The Morgan fingerprint density at radius 1 is 1.05 bits per heavy atom. The van der Waals surface area contributed by atoms with Crippen molar-refractivity contribution in [1.82, 2.24) is 0 Å². The normalized spacial score (nSPS) is 13.8. The van der Waals surface area contributed by atoms with Crippen LogP contribution in [0.1, 0.15) is 17.5 Å². The molecule has 0 spiro atoms. The standard InChI is InChI=1S/C16H19NO2/c1-19-15-9-5-8-14(12-15)16(18,10-11-17)13-6-3-2-4-7-13/h2-9,12,18H,10-11,17H2,1H3. The summed E-state index contributed by atoms with van der Waals surface area (Å²) in [6.45, 7) is 0.405. The second kappa shape index (κ2) is 5.87. The zero-order chi connectivity index (χ0) is 13.7. The van der Waals surface area contributed by atoms with E-state index in [9.17, 15) is 5.11 Å². The molecule has 2 aromatic carbocycles. The summed E-state index contributed by atoms with van der Waals surface area (Å²) in [5.41, 5.74) is 6.23. The summed E-state index contributed by atoms with van der Waals surface area (Å²) in [5, 5.41) is 11.0. The molecule has 0 saturated heterocycles. The fourth-order valence-electron chi connectivity index (χ4n) is 2.26. The van der Waals surface area contributed by atoms with Gasteiger partial charge in [0.25, 0.3) is 0 Å². The fraction of sp³-hybridized carbons (Fsp3) is 0.250. The van der Waals surface area contributed by atoms with Crippen LogP contribution in [0.2, 0.25) is 0 Å². The van der Waals surface area contributed by atoms with Crippen molar-refractivity contribution in [1.29, 1.82) is 0 Å². The fourth-order valence-corrected chi connectivity index (χ4v) is 2.26. The van der Waals surface area contributed by atoms with E-state index in [1.807, 2.05) is 54.6 Å². The third kappa shape index (κ3) is 2.78. The molecule has 2 aromatic rings. The quantitative estimate of drug-likeness (QED) is 0.864. The first-order valence-electron chi connectivity index (χ1n) is 6.33. The van der Waals surface area contributed by atoms with Crippen molar-refractivity contribution in [3.05, 3.63) is 65.7 Å². The maximum atomic E-state index is 11.0. The molecule has 0 fully saturated rings. The van der Waals surface area contributed by atoms with Crippen LogP contribution in [0, 0.1) is 0 Å². The molecule has 100 valence electrons. The number of aliphatic hydroxyl groups is 1. The van der Waals surface area contributed by atoms with Crippen LogP contribution in [0.3, 0.4) is 0 Å². The average Bonchev–Trinajstić information content (AvgIpc) is 2.48. The first-order valence-corrected chi connectivity index (χ1v) is 6.33. The van der Waals surface area contributed by atoms with E-state index in [0.29, 0.717) is 13.0 Å². The maximum Gasteiger partial charge on any atom is 0.119 e. The van der Waals surface area contributed by atoms with Gasteiger partial charge >= 0.3 is 0 Å². The van der Waals surface area contributed by atoms with Crippen LogP contribution in [0.4, 0.5) is 0 Å². The summed E-state index contributed by atoms with van der Waals surface area (Å²) in [4.78, 5) is 0. The van der Waals surface area contributed by atoms with E-state index < -0.39 is 5.60 Å². The molecular weight excluding hydrogens is 238 g/mol. The molecule has 0 aliphatic heterocycles. The second-order valence-electron chi connectivity index (χ2n) is 4.50. The molecule has 0 aliphatic rings. The summed E-state index contributed by atoms with van der Waals surface area (Å²) in [6.07, 6.45) is 0.462. The Hall–Kier alpha value is -1.84. The Morgan fingerprint density at radius 3 is 2.37 bits per heavy atom. The van der Waals surface area contributed by atoms with Gasteiger partial charge in [-0.1, -0.05) is 42.5 Å². The predicted octanol–water partition coefficient (Wildman–Crippen LogP) is 2.28. The molecule has 0 radical (unpaired) electrons. The molecule has 3 nitrogen and oxygen atoms in total. The van der Waals surface area contributed by atoms with Gasteiger partial charge in [-0.15, -0.1) is 0 Å². The summed E-state index contributed by atoms with van der Waals surface area (Å²) < 4.78 is 5.22. The van der Waals surface area contributed by atoms with Gasteiger partial charge in [-0.3, -0.25) is 0 Å². The number of hydrogen-bond acceptors (Lipinski definition) is 3. The van der Waals surface area contributed by atoms with Gasteiger partial charge in [-0.05, 0) is 36.2 Å². The molecule has 0 amide bonds. The third-order valence-corrected chi connectivity index (χ3v) is 3.30. The van der Waals surface area contributed by atoms with Crippen molar-refractivity contribution < 1.29 is 9.84 Å². The average molecular weight is 257 g/mol. The monoisotopic (exact) mass is 257 g/mol. The van der Waals surface area contributed by atoms with E-state index in [4.69, 9.17) is 10.5 Å². The minimum absolute atomic E-state index is 0.405. The van der Waals surface area contributed by atoms with Gasteiger partial charge in [0.2, 0.25) is 0 Å². The highest BCUT2D eigenvalue weighted by Gasteiger charge is 2.30. The van der Waals surface area contributed by atoms with Crippen LogP contribution in [0.15, 0.2) is 54.6 Å². The van der Waals surface area contributed by atoms with Crippen molar-refractivity contribution in [3.63, 3.8) is 0 Å². The number of nitrogens with two attached hydrogens (primary N) is 1. The van der Waals surface area contributed by atoms with Crippen molar-refractivity contribution in [2.45, 2.75) is 12.0 Å². The predicted molar refractivity (Wildman–Crippen MR) is 76.1 cm³/mol. The number of rotatable bonds is 5. The SMILES string of the molecule is COc1cccc(C(O)(CCN)c2ccccc2)c1. The molecule has 0 bridgehead atoms. The number of ether oxygens (including phenoxy) is 1. The largest absolute Gasteiger partial charge is 0.497 e. The Labute approximate surface area is 113 Å². The lowest BCUT2D eigenvalue weighted by atomic mass is 9.83. The van der Waals surface area contributed by atoms with Crippen LogP contribution >= 0.6 is 0 Å². The first kappa shape index (κ1) is 13.6. The molecule has 2 rings (SSSR count). The van der Waals surface area contributed by atoms with Crippen molar-refractivity contribution in [3.8, 4) is 5.75 Å². The molecular formula is C16H19NO2. The molecule has 3 heteroatoms. The summed E-state index contributed by atoms with van der Waals surface area (Å²) in [6, 6.07) is 17.1. The highest BCUT2D eigenvalue weighted by Crippen LogP contribution is 2.34. The number of hydrogen-bond donors (Lipinski definition) is 2. The van der Waals surface area contributed by atoms with Gasteiger partial charge < -0.3 is 15.6 Å². The molecule has 1 unspecified atom stereocenters. The van der Waals surface area contributed by atoms with Gasteiger partial charge in [-0.2, -0.15) is 0 Å². The topological polar surface area (TPSA) is 55.5 Å². The molecule has 0 saturated carbocycles. The van der Waals surface area contributed by atoms with Gasteiger partial charge in [0, 0.05) is 0 Å². The Morgan fingerprint density at radius 2 is 1.74 bits per heavy atom. The Kier molecular flexibility index (Phi) is 4.20. The molecule has 0 heterocycles. The van der Waals surface area contributed by atoms with Crippen LogP contribution in [-0.2, 0) is 5.60 Å². The molecule has 3 N–H and O–H groups in total. The molecule has 0 aromatic heterocycles. The molecule has 19 heavy (non-hydrogen) atoms. The maximum absolute atomic E-state index is 11.0. The summed E-state index contributed by atoms with van der Waals surface area (Å²) >= 11 is 0. The van der Waals surface area contributed by atoms with Gasteiger partial charge in [0.1, 0.15) is 11.4 Å². The lowest BCUT2D eigenvalue weighted by Gasteiger charge is -2.29. The summed E-state index contributed by atoms with van der Waals surface area (Å²) in [5.74, 6) is 0.726. The Bertz CT molecular complexity index is 527. The lowest BCUT2D eigenvalue weighted by Crippen LogP contribution is -2.30. The first-order chi connectivity index (χ1) is 9.20. The van der Waals surface area contributed by atoms with Crippen LogP contribution < -0.4 is 10.5 Å². The van der Waals surface area contributed by atoms with Crippen molar-refractivity contribution in [2.24, 2.45) is 5.73 Å². The highest BCUT2D eigenvalue weighted by molar-refractivity contribution is 5.39. The van der Waals surface area contributed by atoms with Crippen LogP contribution in [0.25, 0.3) is 0 Å². The number of benzene rings is 2. The van der Waals surface area contributed by atoms with E-state index in [2.05, 4.69) is 0 Å². The molecule has 0 aliphatic carbocycles. The van der Waals surface area contributed by atoms with Gasteiger partial charge in [-0.25, -0.2) is 0 Å². The smallest absolute Gasteiger partial charge is 0.119 e. The zero-order valence-electron chi connectivity index (χ0n) is 11.0. The minimum atomic E-state index is -1.08. The van der Waals surface area contributed by atoms with E-state index >= 15 is 0 Å². The van der Waals surface area contributed by atoms with Crippen molar-refractivity contribution in [2.75, 3.05) is 13.7 Å². The van der Waals surface area contributed by atoms with E-state index in [1.165, 1.54) is 0 Å². The minimum Gasteiger partial charge on any atom is -0.497 e. The van der Waals surface area contributed by atoms with Crippen LogP contribution in [0.5, 0.6) is 5.75 Å².